The number of nitrogens with one attached hydrogen (secondary N) is 1. The Labute approximate surface area is 174 Å². The summed E-state index contributed by atoms with van der Waals surface area (Å²) in [6.45, 7) is 1.98. The molecular weight excluding hydrogens is 412 g/mol. The average molecular weight is 439 g/mol. The molecule has 1 atom stereocenters. The molecule has 0 saturated heterocycles. The highest BCUT2D eigenvalue weighted by molar-refractivity contribution is 7.89. The van der Waals surface area contributed by atoms with E-state index < -0.39 is 22.0 Å². The molecule has 0 bridgehead atoms. The minimum absolute atomic E-state index is 0.0192. The van der Waals surface area contributed by atoms with E-state index in [9.17, 15) is 18.3 Å². The van der Waals surface area contributed by atoms with Gasteiger partial charge in [0.1, 0.15) is 5.75 Å². The second-order valence-corrected chi connectivity index (χ2v) is 10.3. The van der Waals surface area contributed by atoms with Crippen LogP contribution in [0.15, 0.2) is 35.2 Å². The van der Waals surface area contributed by atoms with E-state index in [4.69, 9.17) is 10.5 Å². The third-order valence-corrected chi connectivity index (χ3v) is 8.37. The molecule has 4 N–H and O–H groups in total. The number of rotatable bonds is 8. The standard InChI is InChI=1S/C20H26N2O5S2/c1-13(23)17-7-8-18(28-17)20(9-3-4-10-20)12-22-29(25,26)14-5-6-16(27-2)15(11-14)19(21)24/h5-8,11,13,22-23H,3-4,9-10,12H2,1-2H3,(H2,21,24)/t13-/m1/s1. The Balaban J connectivity index is 1.86. The molecule has 0 aliphatic heterocycles. The van der Waals surface area contributed by atoms with Crippen molar-refractivity contribution in [2.45, 2.75) is 49.0 Å². The van der Waals surface area contributed by atoms with Gasteiger partial charge in [0.25, 0.3) is 5.91 Å². The largest absolute Gasteiger partial charge is 0.496 e. The number of carbonyl (C=O) groups excluding carboxylic acids is 1. The minimum Gasteiger partial charge on any atom is -0.496 e. The van der Waals surface area contributed by atoms with Crippen LogP contribution in [0.1, 0.15) is 58.8 Å². The normalized spacial score (nSPS) is 17.2. The number of amides is 1. The molecule has 3 rings (SSSR count). The second kappa shape index (κ2) is 8.43. The number of aliphatic hydroxyl groups excluding tert-OH is 1. The lowest BCUT2D eigenvalue weighted by molar-refractivity contribution is 0.0997. The lowest BCUT2D eigenvalue weighted by Crippen LogP contribution is -2.38. The fraction of sp³-hybridized carbons (Fsp3) is 0.450. The van der Waals surface area contributed by atoms with E-state index in [1.807, 2.05) is 12.1 Å². The van der Waals surface area contributed by atoms with Crippen molar-refractivity contribution in [2.24, 2.45) is 5.73 Å². The number of hydrogen-bond donors (Lipinski definition) is 3. The number of ether oxygens (including phenoxy) is 1. The molecule has 158 valence electrons. The van der Waals surface area contributed by atoms with Crippen LogP contribution >= 0.6 is 11.3 Å². The van der Waals surface area contributed by atoms with Gasteiger partial charge >= 0.3 is 0 Å². The van der Waals surface area contributed by atoms with Gasteiger partial charge < -0.3 is 15.6 Å². The second-order valence-electron chi connectivity index (χ2n) is 7.42. The van der Waals surface area contributed by atoms with Crippen LogP contribution in [0.2, 0.25) is 0 Å². The van der Waals surface area contributed by atoms with Gasteiger partial charge in [0.2, 0.25) is 10.0 Å². The average Bonchev–Trinajstić information content (AvgIpc) is 3.36. The van der Waals surface area contributed by atoms with E-state index in [1.54, 1.807) is 6.92 Å². The maximum Gasteiger partial charge on any atom is 0.252 e. The molecule has 1 aliphatic carbocycles. The van der Waals surface area contributed by atoms with Crippen molar-refractivity contribution in [3.8, 4) is 5.75 Å². The summed E-state index contributed by atoms with van der Waals surface area (Å²) in [7, 11) is -2.45. The van der Waals surface area contributed by atoms with Crippen molar-refractivity contribution in [1.29, 1.82) is 0 Å². The first kappa shape index (κ1) is 21.8. The van der Waals surface area contributed by atoms with E-state index >= 15 is 0 Å². The number of primary amides is 1. The predicted molar refractivity (Wildman–Crippen MR) is 112 cm³/mol. The molecule has 1 heterocycles. The van der Waals surface area contributed by atoms with E-state index in [-0.39, 0.29) is 28.2 Å². The summed E-state index contributed by atoms with van der Waals surface area (Å²) in [6, 6.07) is 7.95. The highest BCUT2D eigenvalue weighted by atomic mass is 32.2. The van der Waals surface area contributed by atoms with Crippen molar-refractivity contribution in [3.63, 3.8) is 0 Å². The topological polar surface area (TPSA) is 119 Å². The third-order valence-electron chi connectivity index (χ3n) is 5.47. The number of methoxy groups -OCH3 is 1. The summed E-state index contributed by atoms with van der Waals surface area (Å²) in [5.41, 5.74) is 5.08. The Kier molecular flexibility index (Phi) is 6.33. The first-order valence-corrected chi connectivity index (χ1v) is 11.7. The van der Waals surface area contributed by atoms with Crippen LogP contribution in [0.4, 0.5) is 0 Å². The Morgan fingerprint density at radius 3 is 2.55 bits per heavy atom. The molecule has 1 saturated carbocycles. The zero-order valence-electron chi connectivity index (χ0n) is 16.5. The van der Waals surface area contributed by atoms with Crippen molar-refractivity contribution < 1.29 is 23.1 Å². The van der Waals surface area contributed by atoms with Gasteiger partial charge in [0.05, 0.1) is 23.7 Å². The fourth-order valence-corrected chi connectivity index (χ4v) is 6.13. The summed E-state index contributed by atoms with van der Waals surface area (Å²) >= 11 is 1.53. The molecule has 0 radical (unpaired) electrons. The number of thiophene rings is 1. The maximum absolute atomic E-state index is 12.9. The third kappa shape index (κ3) is 4.48. The SMILES string of the molecule is COc1ccc(S(=O)(=O)NCC2(c3ccc([C@@H](C)O)s3)CCCC2)cc1C(N)=O. The van der Waals surface area contributed by atoms with Gasteiger partial charge in [-0.1, -0.05) is 12.8 Å². The van der Waals surface area contributed by atoms with Crippen LogP contribution in [0, 0.1) is 0 Å². The van der Waals surface area contributed by atoms with Crippen LogP contribution in [-0.4, -0.2) is 33.1 Å². The molecule has 29 heavy (non-hydrogen) atoms. The van der Waals surface area contributed by atoms with Crippen molar-refractivity contribution in [1.82, 2.24) is 4.72 Å². The first-order chi connectivity index (χ1) is 13.7. The quantitative estimate of drug-likeness (QED) is 0.585. The summed E-state index contributed by atoms with van der Waals surface area (Å²) in [6.07, 6.45) is 3.26. The Hall–Kier alpha value is -1.94. The van der Waals surface area contributed by atoms with Gasteiger partial charge in [0, 0.05) is 21.7 Å². The van der Waals surface area contributed by atoms with Gasteiger partial charge in [-0.15, -0.1) is 11.3 Å². The maximum atomic E-state index is 12.9. The van der Waals surface area contributed by atoms with Gasteiger partial charge in [0.15, 0.2) is 0 Å². The fourth-order valence-electron chi connectivity index (χ4n) is 3.79. The first-order valence-electron chi connectivity index (χ1n) is 9.44. The molecule has 1 amide bonds. The molecule has 1 fully saturated rings. The lowest BCUT2D eigenvalue weighted by atomic mass is 9.85. The predicted octanol–water partition coefficient (Wildman–Crippen LogP) is 2.70. The molecule has 1 aromatic heterocycles. The number of sulfonamides is 1. The Bertz CT molecular complexity index is 992. The summed E-state index contributed by atoms with van der Waals surface area (Å²) in [5.74, 6) is -0.525. The molecule has 1 aliphatic rings. The number of hydrogen-bond acceptors (Lipinski definition) is 6. The highest BCUT2D eigenvalue weighted by Gasteiger charge is 2.38. The number of benzene rings is 1. The molecular formula is C20H26N2O5S2. The Morgan fingerprint density at radius 2 is 2.00 bits per heavy atom. The van der Waals surface area contributed by atoms with Crippen LogP contribution in [0.5, 0.6) is 5.75 Å². The van der Waals surface area contributed by atoms with E-state index in [2.05, 4.69) is 4.72 Å². The summed E-state index contributed by atoms with van der Waals surface area (Å²) < 4.78 is 33.6. The van der Waals surface area contributed by atoms with Crippen LogP contribution in [0.3, 0.4) is 0 Å². The summed E-state index contributed by atoms with van der Waals surface area (Å²) in [5, 5.41) is 9.84. The van der Waals surface area contributed by atoms with E-state index in [0.717, 1.165) is 35.4 Å². The van der Waals surface area contributed by atoms with Crippen molar-refractivity contribution in [2.75, 3.05) is 13.7 Å². The van der Waals surface area contributed by atoms with Crippen molar-refractivity contribution >= 4 is 27.3 Å². The lowest BCUT2D eigenvalue weighted by Gasteiger charge is -2.28. The van der Waals surface area contributed by atoms with E-state index in [0.29, 0.717) is 0 Å². The smallest absolute Gasteiger partial charge is 0.252 e. The van der Waals surface area contributed by atoms with Gasteiger partial charge in [-0.3, -0.25) is 4.79 Å². The Morgan fingerprint density at radius 1 is 1.31 bits per heavy atom. The molecule has 0 spiro atoms. The zero-order valence-corrected chi connectivity index (χ0v) is 18.1. The van der Waals surface area contributed by atoms with Crippen LogP contribution in [-0.2, 0) is 15.4 Å². The molecule has 7 nitrogen and oxygen atoms in total. The monoisotopic (exact) mass is 438 g/mol. The van der Waals surface area contributed by atoms with E-state index in [1.165, 1.54) is 36.6 Å². The molecule has 9 heteroatoms. The summed E-state index contributed by atoms with van der Waals surface area (Å²) in [4.78, 5) is 13.6. The van der Waals surface area contributed by atoms with Crippen molar-refractivity contribution in [3.05, 3.63) is 45.6 Å². The zero-order chi connectivity index (χ0) is 21.2. The molecule has 1 aromatic carbocycles. The van der Waals surface area contributed by atoms with Crippen LogP contribution in [0.25, 0.3) is 0 Å². The number of carbonyl (C=O) groups is 1. The number of nitrogens with two attached hydrogens (primary N) is 1. The molecule has 2 aromatic rings. The van der Waals surface area contributed by atoms with Gasteiger partial charge in [-0.05, 0) is 50.1 Å². The highest BCUT2D eigenvalue weighted by Crippen LogP contribution is 2.44. The number of aliphatic hydroxyl groups is 1. The minimum atomic E-state index is -3.84. The van der Waals surface area contributed by atoms with Crippen LogP contribution < -0.4 is 15.2 Å². The van der Waals surface area contributed by atoms with Gasteiger partial charge in [-0.25, -0.2) is 13.1 Å². The molecule has 0 unspecified atom stereocenters. The van der Waals surface area contributed by atoms with Gasteiger partial charge in [-0.2, -0.15) is 0 Å².